The number of carbonyl (C=O) groups is 1. The molecular weight excluding hydrogens is 296 g/mol. The molecule has 1 aromatic rings. The highest BCUT2D eigenvalue weighted by Crippen LogP contribution is 2.23. The van der Waals surface area contributed by atoms with Gasteiger partial charge in [-0.1, -0.05) is 0 Å². The number of carboxylic acids is 1. The molecule has 0 aliphatic carbocycles. The monoisotopic (exact) mass is 316 g/mol. The van der Waals surface area contributed by atoms with E-state index < -0.39 is 22.0 Å². The molecule has 0 aliphatic rings. The molecule has 0 bridgehead atoms. The first kappa shape index (κ1) is 17.4. The lowest BCUT2D eigenvalue weighted by Crippen LogP contribution is -2.36. The van der Waals surface area contributed by atoms with Gasteiger partial charge in [-0.15, -0.1) is 0 Å². The van der Waals surface area contributed by atoms with Crippen LogP contribution in [-0.2, 0) is 14.8 Å². The van der Waals surface area contributed by atoms with Gasteiger partial charge in [0.05, 0.1) is 17.9 Å². The van der Waals surface area contributed by atoms with E-state index in [4.69, 9.17) is 9.84 Å². The molecule has 0 spiro atoms. The van der Waals surface area contributed by atoms with Gasteiger partial charge in [-0.3, -0.25) is 0 Å². The van der Waals surface area contributed by atoms with E-state index >= 15 is 0 Å². The van der Waals surface area contributed by atoms with Crippen LogP contribution in [0.4, 0.5) is 5.69 Å². The van der Waals surface area contributed by atoms with Crippen LogP contribution in [0.3, 0.4) is 0 Å². The first-order valence-electron chi connectivity index (χ1n) is 6.44. The highest BCUT2D eigenvalue weighted by Gasteiger charge is 2.22. The van der Waals surface area contributed by atoms with Crippen molar-refractivity contribution in [1.82, 2.24) is 4.72 Å². The van der Waals surface area contributed by atoms with Gasteiger partial charge in [0.1, 0.15) is 4.90 Å². The summed E-state index contributed by atoms with van der Waals surface area (Å²) < 4.78 is 32.1. The Hall–Kier alpha value is -1.64. The van der Waals surface area contributed by atoms with Gasteiger partial charge in [0.2, 0.25) is 10.0 Å². The Morgan fingerprint density at radius 2 is 2.10 bits per heavy atom. The Bertz CT molecular complexity index is 601. The molecule has 0 fully saturated rings. The van der Waals surface area contributed by atoms with E-state index in [1.165, 1.54) is 19.2 Å². The quantitative estimate of drug-likeness (QED) is 0.664. The second-order valence-corrected chi connectivity index (χ2v) is 6.21. The van der Waals surface area contributed by atoms with Gasteiger partial charge in [0.25, 0.3) is 0 Å². The Labute approximate surface area is 124 Å². The lowest BCUT2D eigenvalue weighted by Gasteiger charge is -2.16. The van der Waals surface area contributed by atoms with Crippen molar-refractivity contribution in [2.45, 2.75) is 24.8 Å². The van der Waals surface area contributed by atoms with E-state index in [-0.39, 0.29) is 17.1 Å². The minimum absolute atomic E-state index is 0.0866. The predicted molar refractivity (Wildman–Crippen MR) is 79.2 cm³/mol. The lowest BCUT2D eigenvalue weighted by atomic mass is 10.2. The van der Waals surface area contributed by atoms with Gasteiger partial charge in [0.15, 0.2) is 0 Å². The normalized spacial score (nSPS) is 12.9. The average Bonchev–Trinajstić information content (AvgIpc) is 2.38. The summed E-state index contributed by atoms with van der Waals surface area (Å²) in [4.78, 5) is 10.9. The van der Waals surface area contributed by atoms with E-state index in [9.17, 15) is 13.2 Å². The zero-order chi connectivity index (χ0) is 16.0. The first-order valence-corrected chi connectivity index (χ1v) is 7.92. The Balaban J connectivity index is 3.23. The van der Waals surface area contributed by atoms with Crippen LogP contribution in [0.1, 0.15) is 24.2 Å². The van der Waals surface area contributed by atoms with Crippen molar-refractivity contribution in [1.29, 1.82) is 0 Å². The number of aromatic carboxylic acids is 1. The smallest absolute Gasteiger partial charge is 0.335 e. The third-order valence-corrected chi connectivity index (χ3v) is 4.29. The summed E-state index contributed by atoms with van der Waals surface area (Å²) in [6.07, 6.45) is 0. The third kappa shape index (κ3) is 4.69. The van der Waals surface area contributed by atoms with E-state index in [1.54, 1.807) is 6.92 Å². The van der Waals surface area contributed by atoms with Gasteiger partial charge in [-0.2, -0.15) is 0 Å². The van der Waals surface area contributed by atoms with Crippen LogP contribution in [0.15, 0.2) is 23.1 Å². The average molecular weight is 316 g/mol. The van der Waals surface area contributed by atoms with Crippen molar-refractivity contribution >= 4 is 21.7 Å². The molecule has 1 rings (SSSR count). The molecule has 21 heavy (non-hydrogen) atoms. The Morgan fingerprint density at radius 1 is 1.43 bits per heavy atom. The largest absolute Gasteiger partial charge is 0.478 e. The summed E-state index contributed by atoms with van der Waals surface area (Å²) in [5, 5.41) is 11.9. The van der Waals surface area contributed by atoms with Crippen molar-refractivity contribution in [3.8, 4) is 0 Å². The zero-order valence-electron chi connectivity index (χ0n) is 12.2. The van der Waals surface area contributed by atoms with E-state index in [2.05, 4.69) is 10.0 Å². The maximum Gasteiger partial charge on any atom is 0.335 e. The van der Waals surface area contributed by atoms with Crippen molar-refractivity contribution in [2.24, 2.45) is 0 Å². The molecule has 0 saturated carbocycles. The number of ether oxygens (including phenoxy) is 1. The summed E-state index contributed by atoms with van der Waals surface area (Å²) in [6.45, 7) is 4.22. The number of hydrogen-bond acceptors (Lipinski definition) is 5. The van der Waals surface area contributed by atoms with Gasteiger partial charge < -0.3 is 15.2 Å². The van der Waals surface area contributed by atoms with Crippen LogP contribution in [0, 0.1) is 0 Å². The van der Waals surface area contributed by atoms with Gasteiger partial charge in [0, 0.05) is 19.7 Å². The number of carboxylic acid groups (broad SMARTS) is 1. The Morgan fingerprint density at radius 3 is 2.62 bits per heavy atom. The van der Waals surface area contributed by atoms with Crippen molar-refractivity contribution < 1.29 is 23.1 Å². The summed E-state index contributed by atoms with van der Waals surface area (Å²) >= 11 is 0. The molecule has 0 unspecified atom stereocenters. The second kappa shape index (κ2) is 7.39. The van der Waals surface area contributed by atoms with E-state index in [1.807, 2.05) is 6.92 Å². The molecule has 0 aliphatic heterocycles. The standard InChI is InChI=1S/C13H20N2O5S/c1-4-14-11-6-5-10(13(16)17)7-12(11)21(18,19)15-9(2)8-20-3/h5-7,9,14-15H,4,8H2,1-3H3,(H,16,17)/t9-/m0/s1. The van der Waals surface area contributed by atoms with Crippen LogP contribution >= 0.6 is 0 Å². The zero-order valence-corrected chi connectivity index (χ0v) is 13.0. The van der Waals surface area contributed by atoms with Gasteiger partial charge in [-0.25, -0.2) is 17.9 Å². The van der Waals surface area contributed by atoms with Crippen LogP contribution < -0.4 is 10.0 Å². The highest BCUT2D eigenvalue weighted by atomic mass is 32.2. The molecule has 7 nitrogen and oxygen atoms in total. The first-order chi connectivity index (χ1) is 9.81. The predicted octanol–water partition coefficient (Wildman–Crippen LogP) is 1.13. The fraction of sp³-hybridized carbons (Fsp3) is 0.462. The van der Waals surface area contributed by atoms with Crippen molar-refractivity contribution in [2.75, 3.05) is 25.6 Å². The number of hydrogen-bond donors (Lipinski definition) is 3. The molecule has 1 aromatic carbocycles. The van der Waals surface area contributed by atoms with Crippen LogP contribution in [0.5, 0.6) is 0 Å². The van der Waals surface area contributed by atoms with Crippen LogP contribution in [0.25, 0.3) is 0 Å². The number of nitrogens with one attached hydrogen (secondary N) is 2. The van der Waals surface area contributed by atoms with E-state index in [0.717, 1.165) is 6.07 Å². The number of anilines is 1. The summed E-state index contributed by atoms with van der Waals surface area (Å²) in [6, 6.07) is 3.52. The van der Waals surface area contributed by atoms with Gasteiger partial charge in [-0.05, 0) is 32.0 Å². The highest BCUT2D eigenvalue weighted by molar-refractivity contribution is 7.89. The molecule has 3 N–H and O–H groups in total. The fourth-order valence-electron chi connectivity index (χ4n) is 1.83. The minimum atomic E-state index is -3.85. The molecule has 0 radical (unpaired) electrons. The number of sulfonamides is 1. The fourth-order valence-corrected chi connectivity index (χ4v) is 3.26. The molecule has 0 aromatic heterocycles. The second-order valence-electron chi connectivity index (χ2n) is 4.52. The maximum atomic E-state index is 12.4. The molecule has 0 heterocycles. The molecule has 1 atom stereocenters. The van der Waals surface area contributed by atoms with Gasteiger partial charge >= 0.3 is 5.97 Å². The van der Waals surface area contributed by atoms with Crippen molar-refractivity contribution in [3.63, 3.8) is 0 Å². The summed E-state index contributed by atoms with van der Waals surface area (Å²) in [5.74, 6) is -1.18. The van der Waals surface area contributed by atoms with Crippen LogP contribution in [-0.4, -0.2) is 45.8 Å². The third-order valence-electron chi connectivity index (χ3n) is 2.66. The summed E-state index contributed by atoms with van der Waals surface area (Å²) in [7, 11) is -2.37. The molecule has 0 saturated heterocycles. The maximum absolute atomic E-state index is 12.4. The molecule has 8 heteroatoms. The molecular formula is C13H20N2O5S. The summed E-state index contributed by atoms with van der Waals surface area (Å²) in [5.41, 5.74) is 0.274. The topological polar surface area (TPSA) is 105 Å². The lowest BCUT2D eigenvalue weighted by molar-refractivity contribution is 0.0696. The number of methoxy groups -OCH3 is 1. The number of benzene rings is 1. The molecule has 0 amide bonds. The number of rotatable bonds is 8. The van der Waals surface area contributed by atoms with E-state index in [0.29, 0.717) is 12.2 Å². The minimum Gasteiger partial charge on any atom is -0.478 e. The van der Waals surface area contributed by atoms with Crippen molar-refractivity contribution in [3.05, 3.63) is 23.8 Å². The van der Waals surface area contributed by atoms with Crippen LogP contribution in [0.2, 0.25) is 0 Å². The Kier molecular flexibility index (Phi) is 6.13. The SMILES string of the molecule is CCNc1ccc(C(=O)O)cc1S(=O)(=O)N[C@@H](C)COC. The molecule has 118 valence electrons.